The van der Waals surface area contributed by atoms with Crippen LogP contribution in [-0.4, -0.2) is 30.9 Å². The van der Waals surface area contributed by atoms with Crippen LogP contribution in [0.3, 0.4) is 0 Å². The molecule has 2 amide bonds. The van der Waals surface area contributed by atoms with E-state index < -0.39 is 5.41 Å². The van der Waals surface area contributed by atoms with E-state index in [9.17, 15) is 14.4 Å². The molecule has 1 saturated carbocycles. The van der Waals surface area contributed by atoms with E-state index in [1.807, 2.05) is 42.5 Å². The molecule has 1 heterocycles. The summed E-state index contributed by atoms with van der Waals surface area (Å²) in [6, 6.07) is 15.1. The van der Waals surface area contributed by atoms with Gasteiger partial charge in [0.05, 0.1) is 5.41 Å². The second-order valence-electron chi connectivity index (χ2n) is 7.69. The van der Waals surface area contributed by atoms with E-state index >= 15 is 0 Å². The summed E-state index contributed by atoms with van der Waals surface area (Å²) in [5.41, 5.74) is 2.87. The van der Waals surface area contributed by atoms with Gasteiger partial charge in [-0.15, -0.1) is 0 Å². The van der Waals surface area contributed by atoms with E-state index in [4.69, 9.17) is 4.74 Å². The van der Waals surface area contributed by atoms with E-state index in [2.05, 4.69) is 5.32 Å². The third-order valence-electron chi connectivity index (χ3n) is 5.90. The first-order valence-corrected chi connectivity index (χ1v) is 9.93. The molecule has 0 spiro atoms. The van der Waals surface area contributed by atoms with Gasteiger partial charge in [0, 0.05) is 24.8 Å². The van der Waals surface area contributed by atoms with Gasteiger partial charge in [0.25, 0.3) is 5.91 Å². The largest absolute Gasteiger partial charge is 0.455 e. The van der Waals surface area contributed by atoms with Gasteiger partial charge in [0.15, 0.2) is 6.61 Å². The van der Waals surface area contributed by atoms with Gasteiger partial charge in [0.2, 0.25) is 5.91 Å². The van der Waals surface area contributed by atoms with E-state index in [1.165, 1.54) is 0 Å². The van der Waals surface area contributed by atoms with Crippen LogP contribution >= 0.6 is 0 Å². The molecule has 0 radical (unpaired) electrons. The van der Waals surface area contributed by atoms with Gasteiger partial charge in [-0.2, -0.15) is 0 Å². The number of fused-ring (bicyclic) bond motifs is 1. The molecule has 0 bridgehead atoms. The lowest BCUT2D eigenvalue weighted by Crippen LogP contribution is -2.44. The second kappa shape index (κ2) is 7.70. The van der Waals surface area contributed by atoms with E-state index in [1.54, 1.807) is 17.9 Å². The molecule has 0 unspecified atom stereocenters. The predicted octanol–water partition coefficient (Wildman–Crippen LogP) is 3.20. The van der Waals surface area contributed by atoms with Crippen molar-refractivity contribution in [3.8, 4) is 0 Å². The monoisotopic (exact) mass is 392 g/mol. The van der Waals surface area contributed by atoms with Crippen molar-refractivity contribution < 1.29 is 19.1 Å². The summed E-state index contributed by atoms with van der Waals surface area (Å²) in [6.07, 6.45) is 3.22. The van der Waals surface area contributed by atoms with Gasteiger partial charge in [-0.3, -0.25) is 14.4 Å². The van der Waals surface area contributed by atoms with Crippen LogP contribution in [0.1, 0.15) is 37.3 Å². The Morgan fingerprint density at radius 3 is 2.52 bits per heavy atom. The first-order valence-electron chi connectivity index (χ1n) is 9.93. The Kier molecular flexibility index (Phi) is 5.09. The Hall–Kier alpha value is -3.15. The highest BCUT2D eigenvalue weighted by Gasteiger charge is 2.47. The van der Waals surface area contributed by atoms with Crippen molar-refractivity contribution >= 4 is 29.2 Å². The zero-order chi connectivity index (χ0) is 20.4. The van der Waals surface area contributed by atoms with Crippen molar-refractivity contribution in [1.82, 2.24) is 0 Å². The molecule has 2 aromatic rings. The van der Waals surface area contributed by atoms with Crippen LogP contribution in [0.2, 0.25) is 0 Å². The second-order valence-corrected chi connectivity index (χ2v) is 7.69. The highest BCUT2D eigenvalue weighted by Crippen LogP contribution is 2.44. The van der Waals surface area contributed by atoms with Crippen LogP contribution in [0.4, 0.5) is 11.4 Å². The lowest BCUT2D eigenvalue weighted by Gasteiger charge is -2.39. The van der Waals surface area contributed by atoms with Crippen LogP contribution < -0.4 is 10.2 Å². The van der Waals surface area contributed by atoms with Gasteiger partial charge in [-0.05, 0) is 48.6 Å². The molecule has 4 rings (SSSR count). The summed E-state index contributed by atoms with van der Waals surface area (Å²) in [5, 5.41) is 2.78. The fourth-order valence-corrected chi connectivity index (χ4v) is 4.17. The number of nitrogens with zero attached hydrogens (tertiary/aromatic N) is 1. The lowest BCUT2D eigenvalue weighted by molar-refractivity contribution is -0.156. The maximum absolute atomic E-state index is 12.7. The average Bonchev–Trinajstić information content (AvgIpc) is 3.10. The van der Waals surface area contributed by atoms with Gasteiger partial charge >= 0.3 is 5.97 Å². The number of carbonyl (C=O) groups is 3. The Labute approximate surface area is 169 Å². The highest BCUT2D eigenvalue weighted by atomic mass is 16.5. The minimum absolute atomic E-state index is 0.00999. The Morgan fingerprint density at radius 1 is 1.10 bits per heavy atom. The number of amides is 2. The molecule has 29 heavy (non-hydrogen) atoms. The number of hydrogen-bond acceptors (Lipinski definition) is 4. The zero-order valence-electron chi connectivity index (χ0n) is 16.4. The standard InChI is InChI=1S/C23H24N2O4/c1-16(26)25-13-10-17-14-19(8-9-20(17)25)24-21(27)15-29-22(28)23(11-5-12-23)18-6-3-2-4-7-18/h2-4,6-9,14H,5,10-13,15H2,1H3,(H,24,27). The molecular weight excluding hydrogens is 368 g/mol. The third-order valence-corrected chi connectivity index (χ3v) is 5.90. The third kappa shape index (κ3) is 3.62. The summed E-state index contributed by atoms with van der Waals surface area (Å²) in [6.45, 7) is 1.88. The van der Waals surface area contributed by atoms with Crippen molar-refractivity contribution in [3.05, 3.63) is 59.7 Å². The number of hydrogen-bond donors (Lipinski definition) is 1. The first kappa shape index (κ1) is 19.2. The topological polar surface area (TPSA) is 75.7 Å². The molecule has 2 aromatic carbocycles. The zero-order valence-corrected chi connectivity index (χ0v) is 16.4. The Bertz CT molecular complexity index is 951. The normalized spacial score (nSPS) is 16.5. The molecule has 1 fully saturated rings. The smallest absolute Gasteiger partial charge is 0.317 e. The Balaban J connectivity index is 1.36. The van der Waals surface area contributed by atoms with Crippen molar-refractivity contribution in [2.75, 3.05) is 23.4 Å². The summed E-state index contributed by atoms with van der Waals surface area (Å²) in [5.74, 6) is -0.700. The molecule has 1 aliphatic carbocycles. The number of nitrogens with one attached hydrogen (secondary N) is 1. The average molecular weight is 392 g/mol. The maximum atomic E-state index is 12.7. The van der Waals surface area contributed by atoms with Crippen molar-refractivity contribution in [2.45, 2.75) is 38.0 Å². The van der Waals surface area contributed by atoms with E-state index in [-0.39, 0.29) is 24.4 Å². The summed E-state index contributed by atoms with van der Waals surface area (Å²) >= 11 is 0. The number of carbonyl (C=O) groups excluding carboxylic acids is 3. The molecule has 150 valence electrons. The molecular formula is C23H24N2O4. The van der Waals surface area contributed by atoms with Crippen LogP contribution in [0.5, 0.6) is 0 Å². The van der Waals surface area contributed by atoms with Gasteiger partial charge in [-0.1, -0.05) is 36.8 Å². The highest BCUT2D eigenvalue weighted by molar-refractivity contribution is 5.96. The number of ether oxygens (including phenoxy) is 1. The van der Waals surface area contributed by atoms with E-state index in [0.29, 0.717) is 12.2 Å². The fourth-order valence-electron chi connectivity index (χ4n) is 4.17. The predicted molar refractivity (Wildman–Crippen MR) is 110 cm³/mol. The molecule has 6 nitrogen and oxygen atoms in total. The summed E-state index contributed by atoms with van der Waals surface area (Å²) in [4.78, 5) is 38.4. The number of benzene rings is 2. The van der Waals surface area contributed by atoms with Crippen molar-refractivity contribution in [2.24, 2.45) is 0 Å². The number of rotatable bonds is 5. The van der Waals surface area contributed by atoms with Crippen LogP contribution in [0.15, 0.2) is 48.5 Å². The van der Waals surface area contributed by atoms with Gasteiger partial charge in [0.1, 0.15) is 0 Å². The SMILES string of the molecule is CC(=O)N1CCc2cc(NC(=O)COC(=O)C3(c4ccccc4)CCC3)ccc21. The number of esters is 1. The fraction of sp³-hybridized carbons (Fsp3) is 0.348. The quantitative estimate of drug-likeness (QED) is 0.793. The minimum atomic E-state index is -0.620. The van der Waals surface area contributed by atoms with Crippen LogP contribution in [0.25, 0.3) is 0 Å². The summed E-state index contributed by atoms with van der Waals surface area (Å²) < 4.78 is 5.38. The van der Waals surface area contributed by atoms with Gasteiger partial charge in [-0.25, -0.2) is 0 Å². The van der Waals surface area contributed by atoms with Crippen molar-refractivity contribution in [3.63, 3.8) is 0 Å². The van der Waals surface area contributed by atoms with E-state index in [0.717, 1.165) is 42.5 Å². The lowest BCUT2D eigenvalue weighted by atomic mass is 9.64. The Morgan fingerprint density at radius 2 is 1.86 bits per heavy atom. The van der Waals surface area contributed by atoms with Crippen LogP contribution in [0, 0.1) is 0 Å². The molecule has 6 heteroatoms. The molecule has 0 atom stereocenters. The maximum Gasteiger partial charge on any atom is 0.317 e. The first-order chi connectivity index (χ1) is 14.0. The van der Waals surface area contributed by atoms with Crippen LogP contribution in [-0.2, 0) is 31.0 Å². The van der Waals surface area contributed by atoms with Gasteiger partial charge < -0.3 is 15.0 Å². The minimum Gasteiger partial charge on any atom is -0.455 e. The molecule has 0 saturated heterocycles. The molecule has 0 aromatic heterocycles. The molecule has 1 N–H and O–H groups in total. The summed E-state index contributed by atoms with van der Waals surface area (Å²) in [7, 11) is 0. The number of anilines is 2. The molecule has 2 aliphatic rings. The van der Waals surface area contributed by atoms with Crippen molar-refractivity contribution in [1.29, 1.82) is 0 Å². The molecule has 1 aliphatic heterocycles.